The number of hydrogen-bond donors (Lipinski definition) is 0. The minimum absolute atomic E-state index is 0.0570. The van der Waals surface area contributed by atoms with Gasteiger partial charge in [-0.3, -0.25) is 4.79 Å². The third-order valence-corrected chi connectivity index (χ3v) is 2.90. The van der Waals surface area contributed by atoms with E-state index in [9.17, 15) is 4.79 Å². The molecule has 0 spiro atoms. The van der Waals surface area contributed by atoms with Crippen molar-refractivity contribution >= 4 is 35.3 Å². The lowest BCUT2D eigenvalue weighted by Crippen LogP contribution is -2.15. The van der Waals surface area contributed by atoms with Gasteiger partial charge in [0.05, 0.1) is 16.3 Å². The highest BCUT2D eigenvalue weighted by Crippen LogP contribution is 2.22. The maximum absolute atomic E-state index is 11.2. The normalized spacial score (nSPS) is 14.1. The van der Waals surface area contributed by atoms with Gasteiger partial charge in [-0.05, 0) is 12.1 Å². The largest absolute Gasteiger partial charge is 0.386 e. The van der Waals surface area contributed by atoms with Crippen LogP contribution in [0.15, 0.2) is 23.4 Å². The van der Waals surface area contributed by atoms with Gasteiger partial charge in [0.2, 0.25) is 0 Å². The molecule has 0 bridgehead atoms. The zero-order valence-corrected chi connectivity index (χ0v) is 10.4. The van der Waals surface area contributed by atoms with Crippen molar-refractivity contribution in [3.8, 4) is 0 Å². The zero-order valence-electron chi connectivity index (χ0n) is 8.90. The first-order chi connectivity index (χ1) is 8.18. The fourth-order valence-electron chi connectivity index (χ4n) is 1.21. The maximum Gasteiger partial charge on any atom is 0.263 e. The van der Waals surface area contributed by atoms with E-state index in [1.165, 1.54) is 6.21 Å². The van der Waals surface area contributed by atoms with Crippen molar-refractivity contribution in [3.63, 3.8) is 0 Å². The second-order valence-corrected chi connectivity index (χ2v) is 4.34. The van der Waals surface area contributed by atoms with Crippen molar-refractivity contribution in [2.24, 2.45) is 5.16 Å². The second-order valence-electron chi connectivity index (χ2n) is 3.52. The summed E-state index contributed by atoms with van der Waals surface area (Å²) in [6.45, 7) is 1.56. The van der Waals surface area contributed by atoms with Crippen molar-refractivity contribution < 1.29 is 9.63 Å². The molecule has 6 heteroatoms. The Balaban J connectivity index is 1.89. The molecule has 0 N–H and O–H groups in total. The standard InChI is InChI=1S/C11H10Cl2N2O2/c12-9-2-1-3-10(13)8(9)6-14-17-7-11(16)15-4-5-15/h1-3,6H,4-5,7H2. The van der Waals surface area contributed by atoms with E-state index in [1.807, 2.05) is 0 Å². The number of benzene rings is 1. The number of halogens is 2. The monoisotopic (exact) mass is 272 g/mol. The first-order valence-electron chi connectivity index (χ1n) is 5.05. The van der Waals surface area contributed by atoms with Crippen molar-refractivity contribution in [1.29, 1.82) is 0 Å². The Morgan fingerprint density at radius 3 is 2.65 bits per heavy atom. The van der Waals surface area contributed by atoms with Gasteiger partial charge in [-0.1, -0.05) is 34.4 Å². The maximum atomic E-state index is 11.2. The molecule has 0 saturated carbocycles. The average Bonchev–Trinajstić information content (AvgIpc) is 3.11. The minimum Gasteiger partial charge on any atom is -0.386 e. The van der Waals surface area contributed by atoms with Gasteiger partial charge < -0.3 is 9.74 Å². The highest BCUT2D eigenvalue weighted by Gasteiger charge is 2.23. The summed E-state index contributed by atoms with van der Waals surface area (Å²) in [6, 6.07) is 5.15. The van der Waals surface area contributed by atoms with Crippen LogP contribution >= 0.6 is 23.2 Å². The molecule has 1 amide bonds. The number of oxime groups is 1. The summed E-state index contributed by atoms with van der Waals surface area (Å²) >= 11 is 11.9. The molecular formula is C11H10Cl2N2O2. The van der Waals surface area contributed by atoms with E-state index in [1.54, 1.807) is 23.1 Å². The van der Waals surface area contributed by atoms with Crippen molar-refractivity contribution in [2.45, 2.75) is 0 Å². The number of rotatable bonds is 4. The van der Waals surface area contributed by atoms with Crippen LogP contribution in [-0.2, 0) is 9.63 Å². The Bertz CT molecular complexity index is 439. The van der Waals surface area contributed by atoms with Crippen LogP contribution in [-0.4, -0.2) is 36.7 Å². The highest BCUT2D eigenvalue weighted by molar-refractivity contribution is 6.38. The number of amides is 1. The molecule has 4 nitrogen and oxygen atoms in total. The Morgan fingerprint density at radius 2 is 2.06 bits per heavy atom. The molecule has 1 aliphatic heterocycles. The van der Waals surface area contributed by atoms with Crippen LogP contribution in [0.25, 0.3) is 0 Å². The molecule has 1 aromatic carbocycles. The molecular weight excluding hydrogens is 263 g/mol. The summed E-state index contributed by atoms with van der Waals surface area (Å²) in [4.78, 5) is 17.8. The van der Waals surface area contributed by atoms with Gasteiger partial charge in [0.1, 0.15) is 0 Å². The third kappa shape index (κ3) is 3.35. The predicted octanol–water partition coefficient (Wildman–Crippen LogP) is 2.19. The van der Waals surface area contributed by atoms with Crippen LogP contribution in [0, 0.1) is 0 Å². The lowest BCUT2D eigenvalue weighted by atomic mass is 10.2. The summed E-state index contributed by atoms with van der Waals surface area (Å²) in [5, 5.41) is 4.65. The molecule has 0 aromatic heterocycles. The number of carbonyl (C=O) groups excluding carboxylic acids is 1. The van der Waals surface area contributed by atoms with Crippen LogP contribution in [0.3, 0.4) is 0 Å². The summed E-state index contributed by atoms with van der Waals surface area (Å²) in [7, 11) is 0. The first kappa shape index (κ1) is 12.2. The van der Waals surface area contributed by atoms with E-state index in [-0.39, 0.29) is 12.5 Å². The summed E-state index contributed by atoms with van der Waals surface area (Å²) < 4.78 is 0. The number of carbonyl (C=O) groups is 1. The van der Waals surface area contributed by atoms with Gasteiger partial charge >= 0.3 is 0 Å². The minimum atomic E-state index is -0.0626. The second kappa shape index (κ2) is 5.38. The average molecular weight is 273 g/mol. The number of nitrogens with zero attached hydrogens (tertiary/aromatic N) is 2. The molecule has 1 heterocycles. The van der Waals surface area contributed by atoms with Gasteiger partial charge in [-0.15, -0.1) is 0 Å². The summed E-state index contributed by atoms with van der Waals surface area (Å²) in [5.74, 6) is -0.0626. The Morgan fingerprint density at radius 1 is 1.41 bits per heavy atom. The van der Waals surface area contributed by atoms with E-state index in [4.69, 9.17) is 28.0 Å². The molecule has 1 aliphatic rings. The van der Waals surface area contributed by atoms with Crippen LogP contribution in [0.5, 0.6) is 0 Å². The van der Waals surface area contributed by atoms with E-state index in [0.717, 1.165) is 13.1 Å². The van der Waals surface area contributed by atoms with Gasteiger partial charge in [-0.25, -0.2) is 0 Å². The Kier molecular flexibility index (Phi) is 3.86. The van der Waals surface area contributed by atoms with Gasteiger partial charge in [0, 0.05) is 18.7 Å². The predicted molar refractivity (Wildman–Crippen MR) is 66.6 cm³/mol. The molecule has 0 radical (unpaired) electrons. The van der Waals surface area contributed by atoms with Crippen LogP contribution < -0.4 is 0 Å². The van der Waals surface area contributed by atoms with Crippen LogP contribution in [0.4, 0.5) is 0 Å². The van der Waals surface area contributed by atoms with E-state index < -0.39 is 0 Å². The summed E-state index contributed by atoms with van der Waals surface area (Å²) in [6.07, 6.45) is 1.40. The smallest absolute Gasteiger partial charge is 0.263 e. The lowest BCUT2D eigenvalue weighted by Gasteiger charge is -2.01. The molecule has 0 unspecified atom stereocenters. The first-order valence-corrected chi connectivity index (χ1v) is 5.81. The van der Waals surface area contributed by atoms with Crippen molar-refractivity contribution in [2.75, 3.05) is 19.7 Å². The fourth-order valence-corrected chi connectivity index (χ4v) is 1.70. The van der Waals surface area contributed by atoms with Crippen molar-refractivity contribution in [3.05, 3.63) is 33.8 Å². The molecule has 1 fully saturated rings. The quantitative estimate of drug-likeness (QED) is 0.479. The highest BCUT2D eigenvalue weighted by atomic mass is 35.5. The Labute approximate surface area is 109 Å². The lowest BCUT2D eigenvalue weighted by molar-refractivity contribution is -0.130. The van der Waals surface area contributed by atoms with Gasteiger partial charge in [0.25, 0.3) is 5.91 Å². The zero-order chi connectivity index (χ0) is 12.3. The molecule has 2 rings (SSSR count). The van der Waals surface area contributed by atoms with Crippen LogP contribution in [0.2, 0.25) is 10.0 Å². The molecule has 0 atom stereocenters. The Hall–Kier alpha value is -1.26. The fraction of sp³-hybridized carbons (Fsp3) is 0.273. The topological polar surface area (TPSA) is 41.7 Å². The van der Waals surface area contributed by atoms with E-state index in [2.05, 4.69) is 5.16 Å². The van der Waals surface area contributed by atoms with Gasteiger partial charge in [0.15, 0.2) is 6.61 Å². The molecule has 17 heavy (non-hydrogen) atoms. The molecule has 1 aromatic rings. The number of hydrogen-bond acceptors (Lipinski definition) is 3. The van der Waals surface area contributed by atoms with Gasteiger partial charge in [-0.2, -0.15) is 0 Å². The van der Waals surface area contributed by atoms with E-state index in [0.29, 0.717) is 15.6 Å². The van der Waals surface area contributed by atoms with Crippen LogP contribution in [0.1, 0.15) is 5.56 Å². The van der Waals surface area contributed by atoms with Crippen molar-refractivity contribution in [1.82, 2.24) is 4.90 Å². The molecule has 0 aliphatic carbocycles. The SMILES string of the molecule is O=C(CON=Cc1c(Cl)cccc1Cl)N1CC1. The third-order valence-electron chi connectivity index (χ3n) is 2.24. The summed E-state index contributed by atoms with van der Waals surface area (Å²) in [5.41, 5.74) is 0.579. The van der Waals surface area contributed by atoms with E-state index >= 15 is 0 Å². The molecule has 90 valence electrons. The molecule has 1 saturated heterocycles.